The molecule has 4 nitrogen and oxygen atoms in total. The zero-order valence-corrected chi connectivity index (χ0v) is 15.8. The molecule has 0 fully saturated rings. The topological polar surface area (TPSA) is 47.6 Å². The van der Waals surface area contributed by atoms with Crippen LogP contribution < -0.4 is 14.8 Å². The summed E-state index contributed by atoms with van der Waals surface area (Å²) in [5.74, 6) is 0.306. The molecule has 2 rings (SSSR count). The number of hydrogen-bond donors (Lipinski definition) is 1. The predicted molar refractivity (Wildman–Crippen MR) is 102 cm³/mol. The van der Waals surface area contributed by atoms with Crippen molar-refractivity contribution in [2.45, 2.75) is 32.8 Å². The quantitative estimate of drug-likeness (QED) is 0.702. The predicted octanol–water partition coefficient (Wildman–Crippen LogP) is 5.25. The summed E-state index contributed by atoms with van der Waals surface area (Å²) in [7, 11) is 1.54. The number of hydrogen-bond acceptors (Lipinski definition) is 3. The van der Waals surface area contributed by atoms with E-state index in [1.165, 1.54) is 18.2 Å². The van der Waals surface area contributed by atoms with Gasteiger partial charge in [0.2, 0.25) is 5.91 Å². The van der Waals surface area contributed by atoms with E-state index in [0.29, 0.717) is 17.0 Å². The van der Waals surface area contributed by atoms with Crippen molar-refractivity contribution in [1.29, 1.82) is 0 Å². The van der Waals surface area contributed by atoms with E-state index in [4.69, 9.17) is 4.74 Å². The van der Waals surface area contributed by atoms with Gasteiger partial charge >= 0.3 is 6.61 Å². The number of anilines is 1. The van der Waals surface area contributed by atoms with Crippen molar-refractivity contribution in [3.8, 4) is 11.5 Å². The number of ether oxygens (including phenoxy) is 2. The van der Waals surface area contributed by atoms with Gasteiger partial charge in [0.25, 0.3) is 0 Å². The van der Waals surface area contributed by atoms with Crippen molar-refractivity contribution in [2.75, 3.05) is 12.4 Å². The maximum Gasteiger partial charge on any atom is 0.387 e. The van der Waals surface area contributed by atoms with Crippen molar-refractivity contribution < 1.29 is 23.0 Å². The molecule has 0 aliphatic heterocycles. The van der Waals surface area contributed by atoms with E-state index in [9.17, 15) is 13.6 Å². The van der Waals surface area contributed by atoms with E-state index >= 15 is 0 Å². The van der Waals surface area contributed by atoms with Crippen LogP contribution in [0, 0.1) is 0 Å². The molecular formula is C21H23F2NO3. The maximum atomic E-state index is 12.2. The Balaban J connectivity index is 2.09. The summed E-state index contributed by atoms with van der Waals surface area (Å²) in [6.07, 6.45) is 2.95. The van der Waals surface area contributed by atoms with Gasteiger partial charge in [0.1, 0.15) is 11.5 Å². The number of carbonyl (C=O) groups is 1. The molecular weight excluding hydrogens is 352 g/mol. The summed E-state index contributed by atoms with van der Waals surface area (Å²) in [5, 5.41) is 2.81. The normalized spacial score (nSPS) is 11.7. The SMILES string of the molecule is COc1ccc(C(C)(C)C)cc1NC(=O)/C=C/c1ccc(OC(F)F)cc1. The lowest BCUT2D eigenvalue weighted by molar-refractivity contribution is -0.111. The van der Waals surface area contributed by atoms with E-state index in [2.05, 4.69) is 30.8 Å². The molecule has 0 saturated carbocycles. The lowest BCUT2D eigenvalue weighted by Crippen LogP contribution is -2.14. The van der Waals surface area contributed by atoms with Gasteiger partial charge in [0.05, 0.1) is 12.8 Å². The molecule has 1 N–H and O–H groups in total. The smallest absolute Gasteiger partial charge is 0.387 e. The molecule has 0 radical (unpaired) electrons. The molecule has 2 aromatic rings. The fourth-order valence-electron chi connectivity index (χ4n) is 2.38. The number of rotatable bonds is 6. The minimum Gasteiger partial charge on any atom is -0.495 e. The van der Waals surface area contributed by atoms with Gasteiger partial charge in [-0.25, -0.2) is 0 Å². The maximum absolute atomic E-state index is 12.2. The van der Waals surface area contributed by atoms with Crippen molar-refractivity contribution in [3.05, 3.63) is 59.7 Å². The first kappa shape index (κ1) is 20.4. The second kappa shape index (κ2) is 8.66. The van der Waals surface area contributed by atoms with Crippen molar-refractivity contribution in [3.63, 3.8) is 0 Å². The van der Waals surface area contributed by atoms with Crippen molar-refractivity contribution in [2.24, 2.45) is 0 Å². The van der Waals surface area contributed by atoms with Crippen LogP contribution in [0.5, 0.6) is 11.5 Å². The van der Waals surface area contributed by atoms with Crippen LogP contribution in [0.1, 0.15) is 31.9 Å². The standard InChI is InChI=1S/C21H23F2NO3/c1-21(2,3)15-8-11-18(26-4)17(13-15)24-19(25)12-7-14-5-9-16(10-6-14)27-20(22)23/h5-13,20H,1-4H3,(H,24,25)/b12-7+. The van der Waals surface area contributed by atoms with Crippen LogP contribution in [0.3, 0.4) is 0 Å². The Kier molecular flexibility index (Phi) is 6.55. The first-order valence-corrected chi connectivity index (χ1v) is 8.41. The number of nitrogens with one attached hydrogen (secondary N) is 1. The molecule has 27 heavy (non-hydrogen) atoms. The van der Waals surface area contributed by atoms with Gasteiger partial charge in [-0.15, -0.1) is 0 Å². The number of benzene rings is 2. The van der Waals surface area contributed by atoms with Gasteiger partial charge in [-0.05, 0) is 46.9 Å². The molecule has 2 aromatic carbocycles. The third-order valence-electron chi connectivity index (χ3n) is 3.86. The fourth-order valence-corrected chi connectivity index (χ4v) is 2.38. The van der Waals surface area contributed by atoms with E-state index in [0.717, 1.165) is 5.56 Å². The lowest BCUT2D eigenvalue weighted by Gasteiger charge is -2.21. The molecule has 0 saturated heterocycles. The number of methoxy groups -OCH3 is 1. The summed E-state index contributed by atoms with van der Waals surface area (Å²) < 4.78 is 33.9. The average molecular weight is 375 g/mol. The van der Waals surface area contributed by atoms with Gasteiger partial charge in [-0.1, -0.05) is 39.0 Å². The Morgan fingerprint density at radius 3 is 2.33 bits per heavy atom. The molecule has 0 aliphatic carbocycles. The molecule has 6 heteroatoms. The molecule has 0 aliphatic rings. The van der Waals surface area contributed by atoms with Gasteiger partial charge in [-0.2, -0.15) is 8.78 Å². The van der Waals surface area contributed by atoms with Gasteiger partial charge < -0.3 is 14.8 Å². The zero-order chi connectivity index (χ0) is 20.0. The molecule has 1 amide bonds. The molecule has 144 valence electrons. The monoisotopic (exact) mass is 375 g/mol. The van der Waals surface area contributed by atoms with Gasteiger partial charge in [-0.3, -0.25) is 4.79 Å². The Hall–Kier alpha value is -2.89. The number of alkyl halides is 2. The third-order valence-corrected chi connectivity index (χ3v) is 3.86. The van der Waals surface area contributed by atoms with Crippen molar-refractivity contribution >= 4 is 17.7 Å². The van der Waals surface area contributed by atoms with Crippen LogP contribution in [0.15, 0.2) is 48.5 Å². The van der Waals surface area contributed by atoms with Crippen molar-refractivity contribution in [1.82, 2.24) is 0 Å². The van der Waals surface area contributed by atoms with Crippen LogP contribution >= 0.6 is 0 Å². The summed E-state index contributed by atoms with van der Waals surface area (Å²) in [6, 6.07) is 11.7. The average Bonchev–Trinajstić information content (AvgIpc) is 2.60. The largest absolute Gasteiger partial charge is 0.495 e. The van der Waals surface area contributed by atoms with Gasteiger partial charge in [0.15, 0.2) is 0 Å². The Morgan fingerprint density at radius 1 is 1.11 bits per heavy atom. The molecule has 0 heterocycles. The molecule has 0 spiro atoms. The highest BCUT2D eigenvalue weighted by atomic mass is 19.3. The molecule has 0 unspecified atom stereocenters. The lowest BCUT2D eigenvalue weighted by atomic mass is 9.87. The highest BCUT2D eigenvalue weighted by Crippen LogP contribution is 2.31. The fraction of sp³-hybridized carbons (Fsp3) is 0.286. The zero-order valence-electron chi connectivity index (χ0n) is 15.8. The third kappa shape index (κ3) is 6.09. The van der Waals surface area contributed by atoms with E-state index in [1.54, 1.807) is 25.3 Å². The van der Waals surface area contributed by atoms with Crippen LogP contribution in [0.2, 0.25) is 0 Å². The van der Waals surface area contributed by atoms with Crippen LogP contribution in [0.4, 0.5) is 14.5 Å². The van der Waals surface area contributed by atoms with E-state index < -0.39 is 6.61 Å². The molecule has 0 atom stereocenters. The summed E-state index contributed by atoms with van der Waals surface area (Å²) >= 11 is 0. The van der Waals surface area contributed by atoms with Crippen LogP contribution in [-0.4, -0.2) is 19.6 Å². The summed E-state index contributed by atoms with van der Waals surface area (Å²) in [5.41, 5.74) is 2.27. The molecule has 0 aromatic heterocycles. The summed E-state index contributed by atoms with van der Waals surface area (Å²) in [6.45, 7) is 3.39. The highest BCUT2D eigenvalue weighted by Gasteiger charge is 2.16. The second-order valence-corrected chi connectivity index (χ2v) is 6.94. The first-order valence-electron chi connectivity index (χ1n) is 8.41. The molecule has 0 bridgehead atoms. The second-order valence-electron chi connectivity index (χ2n) is 6.94. The Labute approximate surface area is 157 Å². The van der Waals surface area contributed by atoms with Crippen LogP contribution in [-0.2, 0) is 10.2 Å². The van der Waals surface area contributed by atoms with E-state index in [1.807, 2.05) is 18.2 Å². The highest BCUT2D eigenvalue weighted by molar-refractivity contribution is 6.02. The summed E-state index contributed by atoms with van der Waals surface area (Å²) in [4.78, 5) is 12.2. The minimum absolute atomic E-state index is 0.0651. The number of amides is 1. The van der Waals surface area contributed by atoms with E-state index in [-0.39, 0.29) is 17.1 Å². The number of halogens is 2. The first-order chi connectivity index (χ1) is 12.7. The Morgan fingerprint density at radius 2 is 1.78 bits per heavy atom. The Bertz CT molecular complexity index is 809. The van der Waals surface area contributed by atoms with Gasteiger partial charge in [0, 0.05) is 6.08 Å². The van der Waals surface area contributed by atoms with Crippen LogP contribution in [0.25, 0.3) is 6.08 Å². The number of carbonyl (C=O) groups excluding carboxylic acids is 1. The minimum atomic E-state index is -2.86.